The number of hydrogen-bond acceptors (Lipinski definition) is 7. The van der Waals surface area contributed by atoms with E-state index >= 15 is 0 Å². The van der Waals surface area contributed by atoms with Crippen LogP contribution in [0.25, 0.3) is 0 Å². The lowest BCUT2D eigenvalue weighted by Gasteiger charge is -2.62. The number of anilines is 1. The van der Waals surface area contributed by atoms with E-state index in [9.17, 15) is 19.8 Å². The van der Waals surface area contributed by atoms with Crippen molar-refractivity contribution in [1.82, 2.24) is 4.98 Å². The summed E-state index contributed by atoms with van der Waals surface area (Å²) in [7, 11) is 0. The Labute approximate surface area is 237 Å². The molecule has 4 fully saturated rings. The molecule has 7 nitrogen and oxygen atoms in total. The molecule has 0 saturated heterocycles. The van der Waals surface area contributed by atoms with E-state index in [1.165, 1.54) is 37.0 Å². The molecule has 1 aromatic heterocycles. The molecule has 0 spiro atoms. The predicted molar refractivity (Wildman–Crippen MR) is 152 cm³/mol. The van der Waals surface area contributed by atoms with Gasteiger partial charge in [0, 0.05) is 6.42 Å². The van der Waals surface area contributed by atoms with E-state index in [1.54, 1.807) is 13.8 Å². The lowest BCUT2D eigenvalue weighted by atomic mass is 9.43. The van der Waals surface area contributed by atoms with Crippen LogP contribution in [0.2, 0.25) is 0 Å². The van der Waals surface area contributed by atoms with Gasteiger partial charge in [0.05, 0.1) is 24.5 Å². The molecule has 4 aliphatic rings. The molecule has 3 N–H and O–H groups in total. The molecular formula is C31H48N2O5S. The fourth-order valence-corrected chi connectivity index (χ4v) is 10.6. The van der Waals surface area contributed by atoms with Crippen molar-refractivity contribution in [2.45, 2.75) is 111 Å². The van der Waals surface area contributed by atoms with Gasteiger partial charge in [0.1, 0.15) is 4.88 Å². The summed E-state index contributed by atoms with van der Waals surface area (Å²) in [6.07, 6.45) is 9.21. The monoisotopic (exact) mass is 560 g/mol. The van der Waals surface area contributed by atoms with Crippen molar-refractivity contribution in [1.29, 1.82) is 0 Å². The highest BCUT2D eigenvalue weighted by atomic mass is 32.1. The fraction of sp³-hybridized carbons (Fsp3) is 0.839. The first kappa shape index (κ1) is 29.0. The average Bonchev–Trinajstić information content (AvgIpc) is 3.43. The zero-order chi connectivity index (χ0) is 28.1. The number of amides is 1. The molecule has 0 aliphatic heterocycles. The molecule has 1 heterocycles. The van der Waals surface area contributed by atoms with E-state index in [1.807, 2.05) is 0 Å². The van der Waals surface area contributed by atoms with E-state index in [0.717, 1.165) is 32.1 Å². The van der Waals surface area contributed by atoms with Crippen LogP contribution in [0.5, 0.6) is 0 Å². The molecule has 8 heteroatoms. The van der Waals surface area contributed by atoms with Gasteiger partial charge in [-0.15, -0.1) is 0 Å². The summed E-state index contributed by atoms with van der Waals surface area (Å²) in [6, 6.07) is 0. The zero-order valence-electron chi connectivity index (χ0n) is 24.4. The van der Waals surface area contributed by atoms with E-state index in [-0.39, 0.29) is 28.9 Å². The SMILES string of the molecule is CCOC(=O)c1sc(NC(=O)CCC(C)C2CCC3C4C(O)CC5CC(O)CCC5(C)C4CCC23C)nc1C. The third-order valence-electron chi connectivity index (χ3n) is 11.7. The molecule has 4 saturated carbocycles. The molecule has 1 amide bonds. The molecular weight excluding hydrogens is 512 g/mol. The number of nitrogens with one attached hydrogen (secondary N) is 1. The minimum Gasteiger partial charge on any atom is -0.462 e. The Bertz CT molecular complexity index is 1080. The maximum absolute atomic E-state index is 12.8. The van der Waals surface area contributed by atoms with Crippen molar-refractivity contribution < 1.29 is 24.5 Å². The van der Waals surface area contributed by atoms with E-state index in [2.05, 4.69) is 31.1 Å². The summed E-state index contributed by atoms with van der Waals surface area (Å²) in [6.45, 7) is 11.1. The molecule has 1 aromatic rings. The first-order chi connectivity index (χ1) is 18.5. The number of aliphatic hydroxyl groups is 2. The van der Waals surface area contributed by atoms with Crippen LogP contribution in [0.15, 0.2) is 0 Å². The van der Waals surface area contributed by atoms with Crippen LogP contribution in [0.3, 0.4) is 0 Å². The van der Waals surface area contributed by atoms with Crippen molar-refractivity contribution in [3.63, 3.8) is 0 Å². The van der Waals surface area contributed by atoms with E-state index < -0.39 is 5.97 Å². The standard InChI is InChI=1S/C31H48N2O5S/c1-6-38-28(37)27-18(3)32-29(39-27)33-25(36)10-7-17(2)21-8-9-22-26-23(12-14-31(21,22)5)30(4)13-11-20(34)15-19(30)16-24(26)35/h17,19-24,26,34-35H,6-16H2,1-5H3,(H,32,33,36). The van der Waals surface area contributed by atoms with Gasteiger partial charge in [0.15, 0.2) is 5.13 Å². The number of rotatable bonds is 7. The van der Waals surface area contributed by atoms with Gasteiger partial charge >= 0.3 is 5.97 Å². The summed E-state index contributed by atoms with van der Waals surface area (Å²) in [5, 5.41) is 25.1. The van der Waals surface area contributed by atoms with Crippen LogP contribution >= 0.6 is 11.3 Å². The van der Waals surface area contributed by atoms with Crippen LogP contribution < -0.4 is 5.32 Å². The van der Waals surface area contributed by atoms with Gasteiger partial charge in [-0.2, -0.15) is 0 Å². The summed E-state index contributed by atoms with van der Waals surface area (Å²) in [5.41, 5.74) is 1.03. The number of esters is 1. The molecule has 4 aliphatic carbocycles. The number of nitrogens with zero attached hydrogens (tertiary/aromatic N) is 1. The highest BCUT2D eigenvalue weighted by Crippen LogP contribution is 2.68. The number of carbonyl (C=O) groups is 2. The molecule has 10 atom stereocenters. The minimum absolute atomic E-state index is 0.0597. The van der Waals surface area contributed by atoms with Crippen molar-refractivity contribution in [2.75, 3.05) is 11.9 Å². The van der Waals surface area contributed by atoms with Crippen molar-refractivity contribution >= 4 is 28.3 Å². The third kappa shape index (κ3) is 5.19. The topological polar surface area (TPSA) is 109 Å². The van der Waals surface area contributed by atoms with Gasteiger partial charge in [0.2, 0.25) is 5.91 Å². The van der Waals surface area contributed by atoms with Gasteiger partial charge in [-0.1, -0.05) is 32.1 Å². The van der Waals surface area contributed by atoms with Gasteiger partial charge in [-0.25, -0.2) is 9.78 Å². The number of hydrogen-bond donors (Lipinski definition) is 3. The summed E-state index contributed by atoms with van der Waals surface area (Å²) in [5.74, 6) is 2.41. The Kier molecular flexibility index (Phi) is 8.22. The van der Waals surface area contributed by atoms with Crippen LogP contribution in [-0.4, -0.2) is 45.9 Å². The van der Waals surface area contributed by atoms with E-state index in [0.29, 0.717) is 64.2 Å². The molecule has 0 bridgehead atoms. The maximum Gasteiger partial charge on any atom is 0.350 e. The Hall–Kier alpha value is -1.51. The van der Waals surface area contributed by atoms with Crippen LogP contribution in [-0.2, 0) is 9.53 Å². The summed E-state index contributed by atoms with van der Waals surface area (Å²) < 4.78 is 5.08. The Morgan fingerprint density at radius 1 is 1.10 bits per heavy atom. The quantitative estimate of drug-likeness (QED) is 0.354. The number of carbonyl (C=O) groups excluding carboxylic acids is 2. The second-order valence-electron chi connectivity index (χ2n) is 13.7. The van der Waals surface area contributed by atoms with Gasteiger partial charge in [-0.3, -0.25) is 4.79 Å². The summed E-state index contributed by atoms with van der Waals surface area (Å²) >= 11 is 1.17. The second kappa shape index (κ2) is 11.1. The lowest BCUT2D eigenvalue weighted by Crippen LogP contribution is -2.58. The molecule has 218 valence electrons. The summed E-state index contributed by atoms with van der Waals surface area (Å²) in [4.78, 5) is 29.7. The first-order valence-corrected chi connectivity index (χ1v) is 16.1. The fourth-order valence-electron chi connectivity index (χ4n) is 9.75. The van der Waals surface area contributed by atoms with Crippen LogP contribution in [0, 0.1) is 53.3 Å². The number of aliphatic hydroxyl groups excluding tert-OH is 2. The second-order valence-corrected chi connectivity index (χ2v) is 14.7. The number of aromatic nitrogens is 1. The average molecular weight is 561 g/mol. The predicted octanol–water partition coefficient (Wildman–Crippen LogP) is 5.97. The normalized spacial score (nSPS) is 40.2. The molecule has 10 unspecified atom stereocenters. The molecule has 39 heavy (non-hydrogen) atoms. The number of ether oxygens (including phenoxy) is 1. The largest absolute Gasteiger partial charge is 0.462 e. The van der Waals surface area contributed by atoms with Gasteiger partial charge in [-0.05, 0) is 118 Å². The van der Waals surface area contributed by atoms with Gasteiger partial charge < -0.3 is 20.3 Å². The highest BCUT2D eigenvalue weighted by Gasteiger charge is 2.62. The minimum atomic E-state index is -0.394. The zero-order valence-corrected chi connectivity index (χ0v) is 25.2. The van der Waals surface area contributed by atoms with Crippen molar-refractivity contribution in [3.05, 3.63) is 10.6 Å². The van der Waals surface area contributed by atoms with Crippen molar-refractivity contribution in [3.8, 4) is 0 Å². The van der Waals surface area contributed by atoms with Crippen LogP contribution in [0.1, 0.15) is 107 Å². The molecule has 5 rings (SSSR count). The first-order valence-electron chi connectivity index (χ1n) is 15.3. The Morgan fingerprint density at radius 2 is 1.82 bits per heavy atom. The number of thiazole rings is 1. The van der Waals surface area contributed by atoms with E-state index in [4.69, 9.17) is 4.74 Å². The van der Waals surface area contributed by atoms with Gasteiger partial charge in [0.25, 0.3) is 0 Å². The van der Waals surface area contributed by atoms with Crippen LogP contribution in [0.4, 0.5) is 5.13 Å². The maximum atomic E-state index is 12.8. The highest BCUT2D eigenvalue weighted by molar-refractivity contribution is 7.17. The third-order valence-corrected chi connectivity index (χ3v) is 12.8. The Morgan fingerprint density at radius 3 is 2.56 bits per heavy atom. The Balaban J connectivity index is 1.20. The molecule has 0 radical (unpaired) electrons. The smallest absolute Gasteiger partial charge is 0.350 e. The van der Waals surface area contributed by atoms with Crippen molar-refractivity contribution in [2.24, 2.45) is 46.3 Å². The number of aryl methyl sites for hydroxylation is 1. The number of fused-ring (bicyclic) bond motifs is 5. The molecule has 0 aromatic carbocycles. The lowest BCUT2D eigenvalue weighted by molar-refractivity contribution is -0.174.